The zero-order chi connectivity index (χ0) is 23.9. The van der Waals surface area contributed by atoms with E-state index in [1.807, 2.05) is 37.3 Å². The highest BCUT2D eigenvalue weighted by Gasteiger charge is 2.28. The van der Waals surface area contributed by atoms with Gasteiger partial charge in [0.15, 0.2) is 11.9 Å². The number of fused-ring (bicyclic) bond motifs is 1. The van der Waals surface area contributed by atoms with E-state index in [1.165, 1.54) is 10.6 Å². The Labute approximate surface area is 197 Å². The minimum Gasteiger partial charge on any atom is -0.369 e. The van der Waals surface area contributed by atoms with E-state index in [9.17, 15) is 13.5 Å². The van der Waals surface area contributed by atoms with Gasteiger partial charge >= 0.3 is 0 Å². The number of nitrogens with zero attached hydrogens (tertiary/aromatic N) is 6. The van der Waals surface area contributed by atoms with Crippen molar-refractivity contribution in [3.05, 3.63) is 71.8 Å². The van der Waals surface area contributed by atoms with Gasteiger partial charge in [-0.25, -0.2) is 26.9 Å². The van der Waals surface area contributed by atoms with Crippen molar-refractivity contribution in [3.8, 4) is 5.69 Å². The van der Waals surface area contributed by atoms with Crippen LogP contribution in [0.2, 0.25) is 0 Å². The predicted octanol–water partition coefficient (Wildman–Crippen LogP) is 2.47. The van der Waals surface area contributed by atoms with Crippen LogP contribution in [0.15, 0.2) is 55.0 Å². The fourth-order valence-electron chi connectivity index (χ4n) is 4.40. The molecule has 0 spiro atoms. The Bertz CT molecular complexity index is 1420. The van der Waals surface area contributed by atoms with Gasteiger partial charge in [0.1, 0.15) is 5.82 Å². The van der Waals surface area contributed by atoms with Gasteiger partial charge in [0, 0.05) is 37.5 Å². The molecule has 4 heterocycles. The molecule has 5 rings (SSSR count). The van der Waals surface area contributed by atoms with Gasteiger partial charge in [-0.2, -0.15) is 10.2 Å². The normalized spacial score (nSPS) is 16.7. The molecule has 0 bridgehead atoms. The fourth-order valence-corrected chi connectivity index (χ4v) is 5.27. The highest BCUT2D eigenvalue weighted by Crippen LogP contribution is 2.32. The van der Waals surface area contributed by atoms with Crippen molar-refractivity contribution < 1.29 is 13.5 Å². The molecule has 1 aliphatic heterocycles. The summed E-state index contributed by atoms with van der Waals surface area (Å²) in [6.07, 6.45) is 6.61. The molecule has 1 unspecified atom stereocenters. The highest BCUT2D eigenvalue weighted by molar-refractivity contribution is 7.88. The van der Waals surface area contributed by atoms with Crippen molar-refractivity contribution in [2.45, 2.75) is 31.9 Å². The van der Waals surface area contributed by atoms with Gasteiger partial charge in [0.05, 0.1) is 29.4 Å². The molecule has 3 aromatic heterocycles. The predicted molar refractivity (Wildman–Crippen MR) is 128 cm³/mol. The molecule has 10 nitrogen and oxygen atoms in total. The zero-order valence-electron chi connectivity index (χ0n) is 19.0. The second-order valence-electron chi connectivity index (χ2n) is 8.68. The van der Waals surface area contributed by atoms with Gasteiger partial charge in [-0.1, -0.05) is 12.1 Å². The van der Waals surface area contributed by atoms with E-state index in [-0.39, 0.29) is 5.92 Å². The number of aliphatic hydroxyl groups excluding tert-OH is 1. The van der Waals surface area contributed by atoms with Crippen LogP contribution in [0.1, 0.15) is 41.8 Å². The van der Waals surface area contributed by atoms with Gasteiger partial charge in [0.25, 0.3) is 0 Å². The first-order valence-electron chi connectivity index (χ1n) is 11.1. The lowest BCUT2D eigenvalue weighted by molar-refractivity contribution is 0.208. The molecule has 1 atom stereocenters. The molecule has 11 heteroatoms. The van der Waals surface area contributed by atoms with Gasteiger partial charge < -0.3 is 10.4 Å². The third-order valence-electron chi connectivity index (χ3n) is 6.20. The van der Waals surface area contributed by atoms with E-state index in [0.29, 0.717) is 43.0 Å². The van der Waals surface area contributed by atoms with E-state index >= 15 is 0 Å². The molecule has 0 radical (unpaired) electrons. The van der Waals surface area contributed by atoms with Crippen LogP contribution >= 0.6 is 0 Å². The molecule has 0 aliphatic carbocycles. The first-order valence-corrected chi connectivity index (χ1v) is 13.0. The minimum absolute atomic E-state index is 0.125. The van der Waals surface area contributed by atoms with Crippen molar-refractivity contribution in [2.24, 2.45) is 0 Å². The van der Waals surface area contributed by atoms with Crippen LogP contribution in [0, 0.1) is 6.92 Å². The lowest BCUT2D eigenvalue weighted by Crippen LogP contribution is -2.37. The summed E-state index contributed by atoms with van der Waals surface area (Å²) in [5.41, 5.74) is 3.95. The van der Waals surface area contributed by atoms with Crippen molar-refractivity contribution in [1.29, 1.82) is 0 Å². The number of anilines is 1. The summed E-state index contributed by atoms with van der Waals surface area (Å²) in [6.45, 7) is 2.96. The molecule has 1 fully saturated rings. The largest absolute Gasteiger partial charge is 0.369 e. The number of rotatable bonds is 6. The smallest absolute Gasteiger partial charge is 0.211 e. The van der Waals surface area contributed by atoms with Crippen LogP contribution in [0.5, 0.6) is 0 Å². The summed E-state index contributed by atoms with van der Waals surface area (Å²) in [7, 11) is -3.19. The lowest BCUT2D eigenvalue weighted by atomic mass is 9.95. The molecular formula is C23H27N7O3S. The quantitative estimate of drug-likeness (QED) is 0.406. The third kappa shape index (κ3) is 4.41. The molecule has 1 saturated heterocycles. The molecule has 178 valence electrons. The molecule has 1 aromatic carbocycles. The summed E-state index contributed by atoms with van der Waals surface area (Å²) >= 11 is 0. The molecule has 2 N–H and O–H groups in total. The highest BCUT2D eigenvalue weighted by atomic mass is 32.2. The Morgan fingerprint density at radius 2 is 1.97 bits per heavy atom. The maximum absolute atomic E-state index is 11.9. The summed E-state index contributed by atoms with van der Waals surface area (Å²) in [5.74, 6) is 0.759. The van der Waals surface area contributed by atoms with Gasteiger partial charge in [-0.05, 0) is 43.5 Å². The molecule has 0 saturated carbocycles. The standard InChI is InChI=1S/C23H27N7O3S/c1-16-5-3-6-18(13-16)30-21(26-23(31)19-15-25-29-10-4-9-24-22(19)29)14-20(27-30)17-7-11-28(12-8-17)34(2,32)33/h3-6,9-10,13-15,17,23,26,31H,7-8,11-12H2,1-2H3. The van der Waals surface area contributed by atoms with E-state index in [1.54, 1.807) is 33.9 Å². The maximum atomic E-state index is 11.9. The van der Waals surface area contributed by atoms with E-state index in [2.05, 4.69) is 15.4 Å². The number of aromatic nitrogens is 5. The van der Waals surface area contributed by atoms with Crippen LogP contribution in [0.3, 0.4) is 0 Å². The number of nitrogens with one attached hydrogen (secondary N) is 1. The summed E-state index contributed by atoms with van der Waals surface area (Å²) in [5, 5.41) is 23.3. The zero-order valence-corrected chi connectivity index (χ0v) is 19.9. The first-order chi connectivity index (χ1) is 16.3. The van der Waals surface area contributed by atoms with Crippen molar-refractivity contribution >= 4 is 21.5 Å². The second-order valence-corrected chi connectivity index (χ2v) is 10.7. The number of benzene rings is 1. The van der Waals surface area contributed by atoms with E-state index in [0.717, 1.165) is 16.9 Å². The number of sulfonamides is 1. The van der Waals surface area contributed by atoms with Gasteiger partial charge in [-0.15, -0.1) is 0 Å². The summed E-state index contributed by atoms with van der Waals surface area (Å²) in [4.78, 5) is 4.33. The third-order valence-corrected chi connectivity index (χ3v) is 7.50. The molecule has 4 aromatic rings. The summed E-state index contributed by atoms with van der Waals surface area (Å²) in [6, 6.07) is 11.7. The van der Waals surface area contributed by atoms with Crippen LogP contribution < -0.4 is 5.32 Å². The van der Waals surface area contributed by atoms with Crippen LogP contribution in [-0.2, 0) is 10.0 Å². The lowest BCUT2D eigenvalue weighted by Gasteiger charge is -2.29. The first kappa shape index (κ1) is 22.5. The SMILES string of the molecule is Cc1cccc(-n2nc(C3CCN(S(C)(=O)=O)CC3)cc2NC(O)c2cnn3cccnc23)c1. The molecule has 34 heavy (non-hydrogen) atoms. The second kappa shape index (κ2) is 8.82. The van der Waals surface area contributed by atoms with Crippen LogP contribution in [0.25, 0.3) is 11.3 Å². The number of piperidine rings is 1. The maximum Gasteiger partial charge on any atom is 0.211 e. The summed E-state index contributed by atoms with van der Waals surface area (Å²) < 4.78 is 28.7. The van der Waals surface area contributed by atoms with Crippen molar-refractivity contribution in [2.75, 3.05) is 24.7 Å². The van der Waals surface area contributed by atoms with Crippen LogP contribution in [-0.4, -0.2) is 61.6 Å². The number of aliphatic hydroxyl groups is 1. The molecule has 1 aliphatic rings. The van der Waals surface area contributed by atoms with Gasteiger partial charge in [-0.3, -0.25) is 0 Å². The fraction of sp³-hybridized carbons (Fsp3) is 0.348. The number of hydrogen-bond acceptors (Lipinski definition) is 7. The Morgan fingerprint density at radius 1 is 1.18 bits per heavy atom. The van der Waals surface area contributed by atoms with Crippen molar-refractivity contribution in [3.63, 3.8) is 0 Å². The number of hydrogen-bond donors (Lipinski definition) is 2. The Hall–Kier alpha value is -3.28. The minimum atomic E-state index is -3.19. The van der Waals surface area contributed by atoms with Crippen LogP contribution in [0.4, 0.5) is 5.82 Å². The average molecular weight is 482 g/mol. The number of aryl methyl sites for hydroxylation is 1. The van der Waals surface area contributed by atoms with E-state index in [4.69, 9.17) is 5.10 Å². The average Bonchev–Trinajstić information content (AvgIpc) is 3.43. The van der Waals surface area contributed by atoms with Crippen molar-refractivity contribution in [1.82, 2.24) is 28.7 Å². The Morgan fingerprint density at radius 3 is 2.71 bits per heavy atom. The molecule has 0 amide bonds. The van der Waals surface area contributed by atoms with Gasteiger partial charge in [0.2, 0.25) is 10.0 Å². The molecular weight excluding hydrogens is 454 g/mol. The van der Waals surface area contributed by atoms with E-state index < -0.39 is 16.3 Å². The monoisotopic (exact) mass is 481 g/mol. The Balaban J connectivity index is 1.46. The topological polar surface area (TPSA) is 118 Å². The Kier molecular flexibility index (Phi) is 5.84.